The van der Waals surface area contributed by atoms with Crippen molar-refractivity contribution in [3.8, 4) is 0 Å². The van der Waals surface area contributed by atoms with E-state index in [4.69, 9.17) is 27.9 Å². The van der Waals surface area contributed by atoms with Gasteiger partial charge in [0.15, 0.2) is 0 Å². The molecule has 5 nitrogen and oxygen atoms in total. The van der Waals surface area contributed by atoms with Crippen LogP contribution in [0.5, 0.6) is 0 Å². The maximum atomic E-state index is 12.7. The molecule has 2 aliphatic rings. The molecular weight excluding hydrogens is 351 g/mol. The molecule has 0 N–H and O–H groups in total. The van der Waals surface area contributed by atoms with Crippen molar-refractivity contribution < 1.29 is 14.3 Å². The Morgan fingerprint density at radius 2 is 1.71 bits per heavy atom. The highest BCUT2D eigenvalue weighted by molar-refractivity contribution is 6.41. The number of hydrogen-bond acceptors (Lipinski definition) is 4. The van der Waals surface area contributed by atoms with Gasteiger partial charge >= 0.3 is 0 Å². The second kappa shape index (κ2) is 6.39. The molecule has 0 aliphatic carbocycles. The third kappa shape index (κ3) is 2.92. The van der Waals surface area contributed by atoms with E-state index < -0.39 is 0 Å². The van der Waals surface area contributed by atoms with E-state index in [2.05, 4.69) is 0 Å². The summed E-state index contributed by atoms with van der Waals surface area (Å²) >= 11 is 12.2. The fourth-order valence-corrected chi connectivity index (χ4v) is 3.72. The van der Waals surface area contributed by atoms with Crippen LogP contribution in [0.1, 0.15) is 19.4 Å². The van der Waals surface area contributed by atoms with Gasteiger partial charge in [0, 0.05) is 30.7 Å². The first-order valence-corrected chi connectivity index (χ1v) is 8.47. The van der Waals surface area contributed by atoms with Crippen LogP contribution in [0.4, 0.5) is 0 Å². The minimum atomic E-state index is -0.356. The Labute approximate surface area is 150 Å². The van der Waals surface area contributed by atoms with Gasteiger partial charge in [0.1, 0.15) is 5.70 Å². The van der Waals surface area contributed by atoms with Gasteiger partial charge in [-0.1, -0.05) is 29.3 Å². The van der Waals surface area contributed by atoms with E-state index in [1.165, 1.54) is 7.05 Å². The van der Waals surface area contributed by atoms with Crippen molar-refractivity contribution in [1.82, 2.24) is 9.80 Å². The predicted molar refractivity (Wildman–Crippen MR) is 92.7 cm³/mol. The number of amides is 2. The topological polar surface area (TPSA) is 49.9 Å². The van der Waals surface area contributed by atoms with Gasteiger partial charge in [-0.15, -0.1) is 0 Å². The molecule has 1 saturated heterocycles. The normalized spacial score (nSPS) is 25.0. The van der Waals surface area contributed by atoms with Crippen LogP contribution < -0.4 is 0 Å². The van der Waals surface area contributed by atoms with E-state index in [0.29, 0.717) is 40.0 Å². The van der Waals surface area contributed by atoms with E-state index in [1.807, 2.05) is 18.7 Å². The van der Waals surface area contributed by atoms with Gasteiger partial charge in [0.05, 0.1) is 22.8 Å². The molecule has 0 bridgehead atoms. The lowest BCUT2D eigenvalue weighted by molar-refractivity contribution is -0.136. The maximum absolute atomic E-state index is 12.7. The van der Waals surface area contributed by atoms with Crippen LogP contribution in [0.2, 0.25) is 10.0 Å². The average Bonchev–Trinajstić information content (AvgIpc) is 2.71. The number of morpholine rings is 1. The van der Waals surface area contributed by atoms with Gasteiger partial charge in [-0.05, 0) is 26.0 Å². The molecule has 2 unspecified atom stereocenters. The minimum Gasteiger partial charge on any atom is -0.372 e. The van der Waals surface area contributed by atoms with Crippen molar-refractivity contribution in [2.75, 3.05) is 20.1 Å². The van der Waals surface area contributed by atoms with E-state index in [-0.39, 0.29) is 24.0 Å². The Hall–Kier alpha value is -1.56. The number of hydrogen-bond donors (Lipinski definition) is 0. The fourth-order valence-electron chi connectivity index (χ4n) is 3.22. The number of halogens is 2. The molecular formula is C17H18Cl2N2O3. The zero-order valence-electron chi connectivity index (χ0n) is 13.7. The molecule has 128 valence electrons. The first-order valence-electron chi connectivity index (χ1n) is 7.72. The molecule has 1 fully saturated rings. The quantitative estimate of drug-likeness (QED) is 0.753. The fraction of sp³-hybridized carbons (Fsp3) is 0.412. The molecule has 2 aliphatic heterocycles. The van der Waals surface area contributed by atoms with Crippen LogP contribution in [0.25, 0.3) is 5.57 Å². The van der Waals surface area contributed by atoms with Crippen LogP contribution in [-0.2, 0) is 14.3 Å². The highest BCUT2D eigenvalue weighted by Gasteiger charge is 2.41. The summed E-state index contributed by atoms with van der Waals surface area (Å²) in [6, 6.07) is 4.91. The Morgan fingerprint density at radius 3 is 2.29 bits per heavy atom. The molecule has 1 aromatic carbocycles. The largest absolute Gasteiger partial charge is 0.372 e. The second-order valence-corrected chi connectivity index (χ2v) is 7.02. The third-order valence-electron chi connectivity index (χ3n) is 4.20. The van der Waals surface area contributed by atoms with Gasteiger partial charge < -0.3 is 9.64 Å². The molecule has 24 heavy (non-hydrogen) atoms. The minimum absolute atomic E-state index is 0.0306. The lowest BCUT2D eigenvalue weighted by atomic mass is 10.0. The summed E-state index contributed by atoms with van der Waals surface area (Å²) in [7, 11) is 1.48. The average molecular weight is 369 g/mol. The van der Waals surface area contributed by atoms with E-state index in [9.17, 15) is 9.59 Å². The highest BCUT2D eigenvalue weighted by Crippen LogP contribution is 2.36. The number of carbonyl (C=O) groups is 2. The van der Waals surface area contributed by atoms with Crippen LogP contribution in [0.3, 0.4) is 0 Å². The molecule has 2 atom stereocenters. The molecule has 7 heteroatoms. The molecule has 2 heterocycles. The summed E-state index contributed by atoms with van der Waals surface area (Å²) in [5, 5.41) is 0.824. The summed E-state index contributed by atoms with van der Waals surface area (Å²) < 4.78 is 5.73. The van der Waals surface area contributed by atoms with E-state index in [0.717, 1.165) is 4.90 Å². The van der Waals surface area contributed by atoms with Crippen molar-refractivity contribution in [1.29, 1.82) is 0 Å². The molecule has 1 aromatic rings. The lowest BCUT2D eigenvalue weighted by Crippen LogP contribution is -2.46. The number of benzene rings is 1. The Morgan fingerprint density at radius 1 is 1.08 bits per heavy atom. The van der Waals surface area contributed by atoms with Gasteiger partial charge in [0.25, 0.3) is 11.8 Å². The number of carbonyl (C=O) groups excluding carboxylic acids is 2. The van der Waals surface area contributed by atoms with Crippen LogP contribution >= 0.6 is 23.2 Å². The standard InChI is InChI=1S/C17H18Cl2N2O3/c1-9-7-21(8-10(2)24-9)15-14(16(22)20(3)17(15)23)12-5-4-11(18)6-13(12)19/h4-6,9-10H,7-8H2,1-3H3. The van der Waals surface area contributed by atoms with Crippen molar-refractivity contribution in [3.63, 3.8) is 0 Å². The first kappa shape index (κ1) is 17.3. The molecule has 2 amide bonds. The maximum Gasteiger partial charge on any atom is 0.277 e. The molecule has 0 saturated carbocycles. The third-order valence-corrected chi connectivity index (χ3v) is 4.75. The van der Waals surface area contributed by atoms with E-state index >= 15 is 0 Å². The summed E-state index contributed by atoms with van der Waals surface area (Å²) in [6.45, 7) is 4.98. The number of imide groups is 1. The van der Waals surface area contributed by atoms with Crippen molar-refractivity contribution in [2.45, 2.75) is 26.1 Å². The van der Waals surface area contributed by atoms with Gasteiger partial charge in [-0.2, -0.15) is 0 Å². The van der Waals surface area contributed by atoms with Gasteiger partial charge in [0.2, 0.25) is 0 Å². The summed E-state index contributed by atoms with van der Waals surface area (Å²) in [5.74, 6) is -0.673. The Kier molecular flexibility index (Phi) is 4.60. The number of nitrogens with zero attached hydrogens (tertiary/aromatic N) is 2. The predicted octanol–water partition coefficient (Wildman–Crippen LogP) is 2.81. The second-order valence-electron chi connectivity index (χ2n) is 6.18. The Balaban J connectivity index is 2.14. The van der Waals surface area contributed by atoms with Crippen molar-refractivity contribution in [2.24, 2.45) is 0 Å². The lowest BCUT2D eigenvalue weighted by Gasteiger charge is -2.37. The smallest absolute Gasteiger partial charge is 0.277 e. The van der Waals surface area contributed by atoms with Gasteiger partial charge in [-0.25, -0.2) is 0 Å². The number of likely N-dealkylation sites (N-methyl/N-ethyl adjacent to an activating group) is 1. The molecule has 0 spiro atoms. The van der Waals surface area contributed by atoms with Crippen LogP contribution in [-0.4, -0.2) is 54.0 Å². The van der Waals surface area contributed by atoms with Crippen molar-refractivity contribution >= 4 is 40.6 Å². The summed E-state index contributed by atoms with van der Waals surface area (Å²) in [5.41, 5.74) is 1.23. The number of rotatable bonds is 2. The monoisotopic (exact) mass is 368 g/mol. The number of ether oxygens (including phenoxy) is 1. The van der Waals surface area contributed by atoms with Crippen molar-refractivity contribution in [3.05, 3.63) is 39.5 Å². The Bertz CT molecular complexity index is 737. The van der Waals surface area contributed by atoms with Crippen LogP contribution in [0, 0.1) is 0 Å². The zero-order chi connectivity index (χ0) is 17.6. The van der Waals surface area contributed by atoms with Crippen LogP contribution in [0.15, 0.2) is 23.9 Å². The van der Waals surface area contributed by atoms with E-state index in [1.54, 1.807) is 18.2 Å². The zero-order valence-corrected chi connectivity index (χ0v) is 15.2. The van der Waals surface area contributed by atoms with Gasteiger partial charge in [-0.3, -0.25) is 14.5 Å². The molecule has 0 radical (unpaired) electrons. The highest BCUT2D eigenvalue weighted by atomic mass is 35.5. The first-order chi connectivity index (χ1) is 11.3. The summed E-state index contributed by atoms with van der Waals surface area (Å²) in [6.07, 6.45) is -0.0611. The SMILES string of the molecule is CC1CN(C2=C(c3ccc(Cl)cc3Cl)C(=O)N(C)C2=O)CC(C)O1. The molecule has 3 rings (SSSR count). The molecule has 0 aromatic heterocycles. The summed E-state index contributed by atoms with van der Waals surface area (Å²) in [4.78, 5) is 28.4.